The minimum atomic E-state index is 0.733. The Hall–Kier alpha value is -3.71. The zero-order valence-corrected chi connectivity index (χ0v) is 18.4. The second-order valence-electron chi connectivity index (χ2n) is 8.64. The minimum absolute atomic E-state index is 0.733. The summed E-state index contributed by atoms with van der Waals surface area (Å²) in [6, 6.07) is 18.9. The molecular weight excluding hydrogens is 412 g/mol. The largest absolute Gasteiger partial charge is 0.492 e. The minimum Gasteiger partial charge on any atom is -0.492 e. The highest BCUT2D eigenvalue weighted by molar-refractivity contribution is 5.97. The molecular formula is C26H26N6O. The Balaban J connectivity index is 1.23. The van der Waals surface area contributed by atoms with Crippen LogP contribution in [-0.2, 0) is 0 Å². The van der Waals surface area contributed by atoms with Crippen LogP contribution < -0.4 is 4.74 Å². The summed E-state index contributed by atoms with van der Waals surface area (Å²) >= 11 is 0. The molecule has 1 saturated heterocycles. The molecule has 3 heterocycles. The molecule has 166 valence electrons. The van der Waals surface area contributed by atoms with Crippen molar-refractivity contribution in [3.8, 4) is 28.4 Å². The van der Waals surface area contributed by atoms with Gasteiger partial charge in [-0.1, -0.05) is 24.6 Å². The highest BCUT2D eigenvalue weighted by Gasteiger charge is 2.12. The monoisotopic (exact) mass is 438 g/mol. The van der Waals surface area contributed by atoms with Gasteiger partial charge in [0.15, 0.2) is 5.82 Å². The van der Waals surface area contributed by atoms with Gasteiger partial charge in [0.2, 0.25) is 0 Å². The van der Waals surface area contributed by atoms with Crippen molar-refractivity contribution in [1.29, 1.82) is 0 Å². The van der Waals surface area contributed by atoms with Crippen LogP contribution >= 0.6 is 0 Å². The van der Waals surface area contributed by atoms with Crippen molar-refractivity contribution in [3.63, 3.8) is 0 Å². The number of aromatic nitrogens is 5. The van der Waals surface area contributed by atoms with Gasteiger partial charge in [0, 0.05) is 23.1 Å². The summed E-state index contributed by atoms with van der Waals surface area (Å²) in [7, 11) is 0. The Bertz CT molecular complexity index is 1380. The molecule has 0 amide bonds. The van der Waals surface area contributed by atoms with Gasteiger partial charge in [-0.05, 0) is 73.1 Å². The molecule has 7 heteroatoms. The standard InChI is InChI=1S/C26H26N6O/c1-2-10-32(11-3-1)12-13-33-22-8-6-18-14-20(5-4-19(18)15-22)25-23-16-21(26-27-17-28-31-26)7-9-24(23)29-30-25/h4-9,14-17H,1-3,10-13H2,(H,29,30)(H,27,28,31). The van der Waals surface area contributed by atoms with E-state index in [2.05, 4.69) is 72.7 Å². The average Bonchev–Trinajstić information content (AvgIpc) is 3.54. The van der Waals surface area contributed by atoms with Crippen molar-refractivity contribution in [2.24, 2.45) is 0 Å². The second kappa shape index (κ2) is 8.67. The SMILES string of the molecule is c1n[nH]c(-c2ccc3[nH]nc(-c4ccc5cc(OCCN6CCCCC6)ccc5c4)c3c2)n1. The van der Waals surface area contributed by atoms with Gasteiger partial charge in [-0.3, -0.25) is 15.1 Å². The van der Waals surface area contributed by atoms with Crippen LogP contribution in [0.25, 0.3) is 44.3 Å². The summed E-state index contributed by atoms with van der Waals surface area (Å²) in [6.45, 7) is 4.13. The molecule has 0 saturated carbocycles. The topological polar surface area (TPSA) is 82.7 Å². The molecule has 6 rings (SSSR count). The van der Waals surface area contributed by atoms with Gasteiger partial charge in [-0.25, -0.2) is 4.98 Å². The smallest absolute Gasteiger partial charge is 0.155 e. The molecule has 2 N–H and O–H groups in total. The number of hydrogen-bond donors (Lipinski definition) is 2. The van der Waals surface area contributed by atoms with Gasteiger partial charge >= 0.3 is 0 Å². The lowest BCUT2D eigenvalue weighted by molar-refractivity contribution is 0.183. The summed E-state index contributed by atoms with van der Waals surface area (Å²) in [5.74, 6) is 1.67. The van der Waals surface area contributed by atoms with Crippen LogP contribution in [-0.4, -0.2) is 56.5 Å². The summed E-state index contributed by atoms with van der Waals surface area (Å²) in [6.07, 6.45) is 5.50. The molecule has 0 unspecified atom stereocenters. The molecule has 0 aliphatic carbocycles. The molecule has 0 atom stereocenters. The van der Waals surface area contributed by atoms with E-state index in [1.807, 2.05) is 12.1 Å². The van der Waals surface area contributed by atoms with E-state index in [4.69, 9.17) is 4.74 Å². The van der Waals surface area contributed by atoms with Crippen molar-refractivity contribution >= 4 is 21.7 Å². The van der Waals surface area contributed by atoms with Gasteiger partial charge in [-0.2, -0.15) is 10.2 Å². The number of ether oxygens (including phenoxy) is 1. The van der Waals surface area contributed by atoms with Crippen LogP contribution in [0, 0.1) is 0 Å². The zero-order valence-electron chi connectivity index (χ0n) is 18.4. The first-order valence-corrected chi connectivity index (χ1v) is 11.6. The van der Waals surface area contributed by atoms with Gasteiger partial charge in [0.25, 0.3) is 0 Å². The Morgan fingerprint density at radius 1 is 0.848 bits per heavy atom. The highest BCUT2D eigenvalue weighted by Crippen LogP contribution is 2.32. The van der Waals surface area contributed by atoms with E-state index in [-0.39, 0.29) is 0 Å². The van der Waals surface area contributed by atoms with Crippen LogP contribution in [0.5, 0.6) is 5.75 Å². The molecule has 1 aliphatic heterocycles. The second-order valence-corrected chi connectivity index (χ2v) is 8.64. The Labute approximate surface area is 191 Å². The molecule has 7 nitrogen and oxygen atoms in total. The Kier molecular flexibility index (Phi) is 5.24. The zero-order chi connectivity index (χ0) is 22.0. The van der Waals surface area contributed by atoms with Gasteiger partial charge in [0.1, 0.15) is 18.7 Å². The first-order valence-electron chi connectivity index (χ1n) is 11.6. The summed E-state index contributed by atoms with van der Waals surface area (Å²) < 4.78 is 6.05. The third kappa shape index (κ3) is 4.07. The third-order valence-corrected chi connectivity index (χ3v) is 6.46. The number of H-pyrrole nitrogens is 2. The molecule has 0 bridgehead atoms. The number of hydrogen-bond acceptors (Lipinski definition) is 5. The molecule has 1 fully saturated rings. The van der Waals surface area contributed by atoms with Crippen LogP contribution in [0.2, 0.25) is 0 Å². The maximum absolute atomic E-state index is 6.05. The number of nitrogens with zero attached hydrogens (tertiary/aromatic N) is 4. The number of piperidine rings is 1. The first-order chi connectivity index (χ1) is 16.3. The van der Waals surface area contributed by atoms with Gasteiger partial charge < -0.3 is 4.74 Å². The molecule has 0 spiro atoms. The van der Waals surface area contributed by atoms with Crippen molar-refractivity contribution in [1.82, 2.24) is 30.3 Å². The van der Waals surface area contributed by atoms with Crippen LogP contribution in [0.4, 0.5) is 0 Å². The number of nitrogens with one attached hydrogen (secondary N) is 2. The van der Waals surface area contributed by atoms with Crippen LogP contribution in [0.15, 0.2) is 60.9 Å². The number of aromatic amines is 2. The molecule has 3 aromatic carbocycles. The van der Waals surface area contributed by atoms with E-state index in [9.17, 15) is 0 Å². The van der Waals surface area contributed by atoms with E-state index in [1.165, 1.54) is 44.1 Å². The van der Waals surface area contributed by atoms with Gasteiger partial charge in [0.05, 0.1) is 11.2 Å². The van der Waals surface area contributed by atoms with E-state index in [0.29, 0.717) is 0 Å². The average molecular weight is 439 g/mol. The van der Waals surface area contributed by atoms with Gasteiger partial charge in [-0.15, -0.1) is 0 Å². The summed E-state index contributed by atoms with van der Waals surface area (Å²) in [4.78, 5) is 6.76. The van der Waals surface area contributed by atoms with Crippen LogP contribution in [0.3, 0.4) is 0 Å². The fourth-order valence-electron chi connectivity index (χ4n) is 4.66. The number of rotatable bonds is 6. The molecule has 0 radical (unpaired) electrons. The first kappa shape index (κ1) is 19.9. The molecule has 2 aromatic heterocycles. The fourth-order valence-corrected chi connectivity index (χ4v) is 4.66. The van der Waals surface area contributed by atoms with Crippen molar-refractivity contribution in [2.45, 2.75) is 19.3 Å². The fraction of sp³-hybridized carbons (Fsp3) is 0.269. The lowest BCUT2D eigenvalue weighted by Crippen LogP contribution is -2.33. The number of fused-ring (bicyclic) bond motifs is 2. The summed E-state index contributed by atoms with van der Waals surface area (Å²) in [5.41, 5.74) is 3.97. The quantitative estimate of drug-likeness (QED) is 0.388. The maximum Gasteiger partial charge on any atom is 0.155 e. The van der Waals surface area contributed by atoms with E-state index >= 15 is 0 Å². The Morgan fingerprint density at radius 3 is 2.58 bits per heavy atom. The lowest BCUT2D eigenvalue weighted by atomic mass is 10.0. The number of benzene rings is 3. The summed E-state index contributed by atoms with van der Waals surface area (Å²) in [5, 5.41) is 18.0. The third-order valence-electron chi connectivity index (χ3n) is 6.46. The van der Waals surface area contributed by atoms with Crippen LogP contribution in [0.1, 0.15) is 19.3 Å². The molecule has 1 aliphatic rings. The van der Waals surface area contributed by atoms with E-state index in [0.717, 1.165) is 57.8 Å². The molecule has 5 aromatic rings. The van der Waals surface area contributed by atoms with Crippen molar-refractivity contribution < 1.29 is 4.74 Å². The predicted molar refractivity (Wildman–Crippen MR) is 130 cm³/mol. The maximum atomic E-state index is 6.05. The lowest BCUT2D eigenvalue weighted by Gasteiger charge is -2.26. The van der Waals surface area contributed by atoms with Crippen molar-refractivity contribution in [3.05, 3.63) is 60.9 Å². The van der Waals surface area contributed by atoms with E-state index < -0.39 is 0 Å². The molecule has 33 heavy (non-hydrogen) atoms. The predicted octanol–water partition coefficient (Wildman–Crippen LogP) is 5.03. The van der Waals surface area contributed by atoms with E-state index in [1.54, 1.807) is 0 Å². The normalized spacial score (nSPS) is 14.8. The Morgan fingerprint density at radius 2 is 1.70 bits per heavy atom. The van der Waals surface area contributed by atoms with Crippen molar-refractivity contribution in [2.75, 3.05) is 26.2 Å². The number of likely N-dealkylation sites (tertiary alicyclic amines) is 1. The highest BCUT2D eigenvalue weighted by atomic mass is 16.5.